The molecule has 0 fully saturated rings. The molecule has 1 heterocycles. The highest BCUT2D eigenvalue weighted by Crippen LogP contribution is 2.04. The lowest BCUT2D eigenvalue weighted by Gasteiger charge is -2.07. The standard InChI is InChI=1S/C13H20N4O3/c1-3-14-11-6-4-5-10(17-11)13(19)16-9-12(18)15-7-8-20-2/h4-6H,3,7-9H2,1-2H3,(H,14,17)(H,15,18)(H,16,19). The Morgan fingerprint density at radius 1 is 1.30 bits per heavy atom. The van der Waals surface area contributed by atoms with Gasteiger partial charge in [0.05, 0.1) is 13.2 Å². The second-order valence-electron chi connectivity index (χ2n) is 3.96. The van der Waals surface area contributed by atoms with Gasteiger partial charge in [0.25, 0.3) is 5.91 Å². The fourth-order valence-corrected chi connectivity index (χ4v) is 1.45. The third-order valence-corrected chi connectivity index (χ3v) is 2.38. The van der Waals surface area contributed by atoms with Crippen LogP contribution in [0, 0.1) is 0 Å². The Kier molecular flexibility index (Phi) is 7.05. The quantitative estimate of drug-likeness (QED) is 0.583. The average Bonchev–Trinajstić information content (AvgIpc) is 2.46. The van der Waals surface area contributed by atoms with Crippen LogP contribution in [0.3, 0.4) is 0 Å². The maximum atomic E-state index is 11.8. The summed E-state index contributed by atoms with van der Waals surface area (Å²) in [5, 5.41) is 8.14. The molecule has 0 aliphatic carbocycles. The number of nitrogens with one attached hydrogen (secondary N) is 3. The van der Waals surface area contributed by atoms with Gasteiger partial charge in [0.1, 0.15) is 11.5 Å². The van der Waals surface area contributed by atoms with Crippen LogP contribution in [0.4, 0.5) is 5.82 Å². The van der Waals surface area contributed by atoms with E-state index in [0.717, 1.165) is 6.54 Å². The molecular weight excluding hydrogens is 260 g/mol. The van der Waals surface area contributed by atoms with E-state index in [9.17, 15) is 9.59 Å². The molecule has 1 aromatic heterocycles. The molecular formula is C13H20N4O3. The topological polar surface area (TPSA) is 92.4 Å². The largest absolute Gasteiger partial charge is 0.383 e. The number of carbonyl (C=O) groups is 2. The lowest BCUT2D eigenvalue weighted by Crippen LogP contribution is -2.38. The number of aromatic nitrogens is 1. The zero-order chi connectivity index (χ0) is 14.8. The second-order valence-corrected chi connectivity index (χ2v) is 3.96. The fraction of sp³-hybridized carbons (Fsp3) is 0.462. The van der Waals surface area contributed by atoms with Gasteiger partial charge < -0.3 is 20.7 Å². The van der Waals surface area contributed by atoms with Crippen LogP contribution in [0.2, 0.25) is 0 Å². The van der Waals surface area contributed by atoms with Gasteiger partial charge in [-0.2, -0.15) is 0 Å². The van der Waals surface area contributed by atoms with Crippen LogP contribution in [0.1, 0.15) is 17.4 Å². The highest BCUT2D eigenvalue weighted by atomic mass is 16.5. The maximum Gasteiger partial charge on any atom is 0.270 e. The van der Waals surface area contributed by atoms with Gasteiger partial charge in [-0.3, -0.25) is 9.59 Å². The van der Waals surface area contributed by atoms with Crippen molar-refractivity contribution in [2.45, 2.75) is 6.92 Å². The third-order valence-electron chi connectivity index (χ3n) is 2.38. The predicted octanol–water partition coefficient (Wildman–Crippen LogP) is 0.00580. The van der Waals surface area contributed by atoms with E-state index in [2.05, 4.69) is 20.9 Å². The van der Waals surface area contributed by atoms with Gasteiger partial charge in [0, 0.05) is 20.2 Å². The van der Waals surface area contributed by atoms with Crippen LogP contribution in [0.15, 0.2) is 18.2 Å². The van der Waals surface area contributed by atoms with Crippen molar-refractivity contribution < 1.29 is 14.3 Å². The third kappa shape index (κ3) is 5.66. The minimum Gasteiger partial charge on any atom is -0.383 e. The summed E-state index contributed by atoms with van der Waals surface area (Å²) in [6.45, 7) is 3.43. The zero-order valence-electron chi connectivity index (χ0n) is 11.7. The minimum atomic E-state index is -0.383. The minimum absolute atomic E-state index is 0.0876. The van der Waals surface area contributed by atoms with Crippen LogP contribution < -0.4 is 16.0 Å². The molecule has 0 unspecified atom stereocenters. The number of nitrogens with zero attached hydrogens (tertiary/aromatic N) is 1. The maximum absolute atomic E-state index is 11.8. The molecule has 110 valence electrons. The highest BCUT2D eigenvalue weighted by molar-refractivity contribution is 5.95. The van der Waals surface area contributed by atoms with Crippen LogP contribution in [0.25, 0.3) is 0 Å². The molecule has 0 bridgehead atoms. The molecule has 2 amide bonds. The van der Waals surface area contributed by atoms with E-state index in [1.165, 1.54) is 0 Å². The van der Waals surface area contributed by atoms with Crippen molar-refractivity contribution in [3.05, 3.63) is 23.9 Å². The molecule has 7 nitrogen and oxygen atoms in total. The van der Waals surface area contributed by atoms with Crippen molar-refractivity contribution >= 4 is 17.6 Å². The van der Waals surface area contributed by atoms with Crippen LogP contribution in [0.5, 0.6) is 0 Å². The van der Waals surface area contributed by atoms with E-state index in [0.29, 0.717) is 19.0 Å². The Morgan fingerprint density at radius 2 is 2.10 bits per heavy atom. The first-order valence-corrected chi connectivity index (χ1v) is 6.42. The van der Waals surface area contributed by atoms with Gasteiger partial charge in [0.15, 0.2) is 0 Å². The van der Waals surface area contributed by atoms with Crippen molar-refractivity contribution in [3.63, 3.8) is 0 Å². The van der Waals surface area contributed by atoms with Crippen molar-refractivity contribution in [1.29, 1.82) is 0 Å². The molecule has 0 saturated heterocycles. The first-order chi connectivity index (χ1) is 9.67. The molecule has 1 aromatic rings. The number of hydrogen-bond acceptors (Lipinski definition) is 5. The van der Waals surface area contributed by atoms with Crippen molar-refractivity contribution in [2.24, 2.45) is 0 Å². The molecule has 0 spiro atoms. The summed E-state index contributed by atoms with van der Waals surface area (Å²) in [5.74, 6) is -0.0189. The van der Waals surface area contributed by atoms with Gasteiger partial charge in [-0.25, -0.2) is 4.98 Å². The summed E-state index contributed by atoms with van der Waals surface area (Å²) in [6.07, 6.45) is 0. The number of anilines is 1. The Morgan fingerprint density at radius 3 is 2.80 bits per heavy atom. The molecule has 0 atom stereocenters. The molecule has 3 N–H and O–H groups in total. The molecule has 7 heteroatoms. The molecule has 0 saturated carbocycles. The van der Waals surface area contributed by atoms with E-state index >= 15 is 0 Å². The Hall–Kier alpha value is -2.15. The van der Waals surface area contributed by atoms with Crippen LogP contribution >= 0.6 is 0 Å². The van der Waals surface area contributed by atoms with E-state index in [1.54, 1.807) is 25.3 Å². The van der Waals surface area contributed by atoms with Crippen molar-refractivity contribution in [3.8, 4) is 0 Å². The predicted molar refractivity (Wildman–Crippen MR) is 75.6 cm³/mol. The second kappa shape index (κ2) is 8.87. The van der Waals surface area contributed by atoms with E-state index in [1.807, 2.05) is 6.92 Å². The number of pyridine rings is 1. The van der Waals surface area contributed by atoms with E-state index in [4.69, 9.17) is 4.74 Å². The zero-order valence-corrected chi connectivity index (χ0v) is 11.7. The van der Waals surface area contributed by atoms with Gasteiger partial charge in [-0.1, -0.05) is 6.07 Å². The lowest BCUT2D eigenvalue weighted by atomic mass is 10.3. The molecule has 20 heavy (non-hydrogen) atoms. The smallest absolute Gasteiger partial charge is 0.270 e. The molecule has 0 radical (unpaired) electrons. The summed E-state index contributed by atoms with van der Waals surface area (Å²) in [5.41, 5.74) is 0.271. The lowest BCUT2D eigenvalue weighted by molar-refractivity contribution is -0.120. The summed E-state index contributed by atoms with van der Waals surface area (Å²) in [4.78, 5) is 27.4. The number of methoxy groups -OCH3 is 1. The van der Waals surface area contributed by atoms with Gasteiger partial charge in [0.2, 0.25) is 5.91 Å². The SMILES string of the molecule is CCNc1cccc(C(=O)NCC(=O)NCCOC)n1. The van der Waals surface area contributed by atoms with Gasteiger partial charge in [-0.15, -0.1) is 0 Å². The van der Waals surface area contributed by atoms with Crippen LogP contribution in [-0.2, 0) is 9.53 Å². The molecule has 0 aliphatic rings. The van der Waals surface area contributed by atoms with Crippen LogP contribution in [-0.4, -0.2) is 50.1 Å². The van der Waals surface area contributed by atoms with E-state index < -0.39 is 0 Å². The summed E-state index contributed by atoms with van der Waals surface area (Å²) in [7, 11) is 1.55. The first kappa shape index (κ1) is 15.9. The normalized spacial score (nSPS) is 9.90. The summed E-state index contributed by atoms with van der Waals surface area (Å²) >= 11 is 0. The first-order valence-electron chi connectivity index (χ1n) is 6.42. The molecule has 0 aliphatic heterocycles. The molecule has 1 rings (SSSR count). The summed E-state index contributed by atoms with van der Waals surface area (Å²) in [6, 6.07) is 5.11. The van der Waals surface area contributed by atoms with E-state index in [-0.39, 0.29) is 24.1 Å². The fourth-order valence-electron chi connectivity index (χ4n) is 1.45. The number of amides is 2. The molecule has 0 aromatic carbocycles. The highest BCUT2D eigenvalue weighted by Gasteiger charge is 2.09. The number of rotatable bonds is 8. The van der Waals surface area contributed by atoms with Crippen molar-refractivity contribution in [2.75, 3.05) is 38.7 Å². The monoisotopic (exact) mass is 280 g/mol. The average molecular weight is 280 g/mol. The van der Waals surface area contributed by atoms with Crippen molar-refractivity contribution in [1.82, 2.24) is 15.6 Å². The number of hydrogen-bond donors (Lipinski definition) is 3. The Bertz CT molecular complexity index is 451. The Labute approximate surface area is 118 Å². The summed E-state index contributed by atoms with van der Waals surface area (Å²) < 4.78 is 4.80. The van der Waals surface area contributed by atoms with Gasteiger partial charge in [-0.05, 0) is 19.1 Å². The number of carbonyl (C=O) groups excluding carboxylic acids is 2. The van der Waals surface area contributed by atoms with Gasteiger partial charge >= 0.3 is 0 Å². The number of ether oxygens (including phenoxy) is 1. The Balaban J connectivity index is 2.42.